The lowest BCUT2D eigenvalue weighted by molar-refractivity contribution is 0.0924. The molecule has 2 aromatic carbocycles. The molecule has 2 N–H and O–H groups in total. The molecular formula is C21H15N3O4. The summed E-state index contributed by atoms with van der Waals surface area (Å²) in [5.41, 5.74) is 1.68. The van der Waals surface area contributed by atoms with Gasteiger partial charge in [0.2, 0.25) is 0 Å². The third-order valence-electron chi connectivity index (χ3n) is 4.43. The summed E-state index contributed by atoms with van der Waals surface area (Å²) in [4.78, 5) is 42.9. The van der Waals surface area contributed by atoms with Crippen molar-refractivity contribution in [3.63, 3.8) is 0 Å². The van der Waals surface area contributed by atoms with Gasteiger partial charge in [-0.2, -0.15) is 0 Å². The van der Waals surface area contributed by atoms with Crippen LogP contribution in [0.3, 0.4) is 0 Å². The van der Waals surface area contributed by atoms with Crippen molar-refractivity contribution in [2.45, 2.75) is 6.92 Å². The Hall–Kier alpha value is -4.00. The predicted molar refractivity (Wildman–Crippen MR) is 103 cm³/mol. The fourth-order valence-corrected chi connectivity index (χ4v) is 3.02. The topological polar surface area (TPSA) is 99.6 Å². The molecule has 1 aromatic heterocycles. The molecule has 7 nitrogen and oxygen atoms in total. The van der Waals surface area contributed by atoms with Crippen LogP contribution < -0.4 is 10.2 Å². The molecule has 28 heavy (non-hydrogen) atoms. The van der Waals surface area contributed by atoms with Crippen LogP contribution in [0.15, 0.2) is 60.8 Å². The van der Waals surface area contributed by atoms with Gasteiger partial charge in [0.05, 0.1) is 16.8 Å². The monoisotopic (exact) mass is 373 g/mol. The first-order valence-electron chi connectivity index (χ1n) is 8.50. The van der Waals surface area contributed by atoms with E-state index < -0.39 is 17.7 Å². The number of phenolic OH excluding ortho intramolecular Hbond substituents is 1. The summed E-state index contributed by atoms with van der Waals surface area (Å²) >= 11 is 0. The van der Waals surface area contributed by atoms with Crippen LogP contribution in [0.2, 0.25) is 0 Å². The Balaban J connectivity index is 1.65. The van der Waals surface area contributed by atoms with Gasteiger partial charge in [0.25, 0.3) is 17.7 Å². The Morgan fingerprint density at radius 3 is 2.54 bits per heavy atom. The van der Waals surface area contributed by atoms with Gasteiger partial charge in [0.15, 0.2) is 0 Å². The van der Waals surface area contributed by atoms with E-state index in [1.165, 1.54) is 30.5 Å². The molecule has 3 aromatic rings. The van der Waals surface area contributed by atoms with Gasteiger partial charge in [0.1, 0.15) is 11.6 Å². The first kappa shape index (κ1) is 17.4. The number of nitrogens with zero attached hydrogens (tertiary/aromatic N) is 2. The molecule has 0 aliphatic carbocycles. The van der Waals surface area contributed by atoms with Crippen LogP contribution in [-0.4, -0.2) is 27.8 Å². The maximum absolute atomic E-state index is 12.7. The molecule has 1 aliphatic rings. The van der Waals surface area contributed by atoms with Crippen LogP contribution in [0.4, 0.5) is 11.5 Å². The molecule has 3 amide bonds. The van der Waals surface area contributed by atoms with Crippen LogP contribution in [-0.2, 0) is 0 Å². The zero-order valence-corrected chi connectivity index (χ0v) is 14.8. The van der Waals surface area contributed by atoms with E-state index in [0.717, 1.165) is 10.5 Å². The van der Waals surface area contributed by atoms with E-state index >= 15 is 0 Å². The van der Waals surface area contributed by atoms with Gasteiger partial charge in [-0.3, -0.25) is 14.4 Å². The molecule has 1 aliphatic heterocycles. The average molecular weight is 373 g/mol. The number of hydrogen-bond donors (Lipinski definition) is 2. The number of nitrogens with one attached hydrogen (secondary N) is 1. The molecule has 0 radical (unpaired) electrons. The Morgan fingerprint density at radius 1 is 1.00 bits per heavy atom. The lowest BCUT2D eigenvalue weighted by Gasteiger charge is -2.11. The SMILES string of the molecule is Cc1ccc(O)c(NC(=O)c2ccc3c(c2)C(=O)N(c2ccccn2)C3=O)c1. The largest absolute Gasteiger partial charge is 0.506 e. The zero-order valence-electron chi connectivity index (χ0n) is 14.8. The lowest BCUT2D eigenvalue weighted by Crippen LogP contribution is -2.30. The van der Waals surface area contributed by atoms with Crippen molar-refractivity contribution in [1.29, 1.82) is 0 Å². The molecule has 0 bridgehead atoms. The first-order valence-corrected chi connectivity index (χ1v) is 8.50. The number of carbonyl (C=O) groups excluding carboxylic acids is 3. The molecule has 7 heteroatoms. The fraction of sp³-hybridized carbons (Fsp3) is 0.0476. The van der Waals surface area contributed by atoms with Gasteiger partial charge in [-0.05, 0) is 55.0 Å². The van der Waals surface area contributed by atoms with E-state index in [1.807, 2.05) is 6.92 Å². The Bertz CT molecular complexity index is 1130. The molecule has 0 spiro atoms. The van der Waals surface area contributed by atoms with E-state index in [0.29, 0.717) is 0 Å². The second-order valence-corrected chi connectivity index (χ2v) is 6.37. The zero-order chi connectivity index (χ0) is 19.8. The second kappa shape index (κ2) is 6.62. The number of rotatable bonds is 3. The summed E-state index contributed by atoms with van der Waals surface area (Å²) in [6.07, 6.45) is 1.49. The number of phenols is 1. The standard InChI is InChI=1S/C21H15N3O4/c1-12-5-8-17(25)16(10-12)23-19(26)13-6-7-14-15(11-13)21(28)24(20(14)27)18-4-2-3-9-22-18/h2-11,25H,1H3,(H,23,26). The molecule has 138 valence electrons. The van der Waals surface area contributed by atoms with E-state index in [2.05, 4.69) is 10.3 Å². The molecule has 0 saturated heterocycles. The Morgan fingerprint density at radius 2 is 1.79 bits per heavy atom. The lowest BCUT2D eigenvalue weighted by atomic mass is 10.1. The number of fused-ring (bicyclic) bond motifs is 1. The fourth-order valence-electron chi connectivity index (χ4n) is 3.02. The van der Waals surface area contributed by atoms with Crippen molar-refractivity contribution in [3.8, 4) is 5.75 Å². The number of imide groups is 1. The average Bonchev–Trinajstić information content (AvgIpc) is 2.95. The highest BCUT2D eigenvalue weighted by atomic mass is 16.3. The molecule has 0 atom stereocenters. The number of aromatic nitrogens is 1. The number of hydrogen-bond acceptors (Lipinski definition) is 5. The van der Waals surface area contributed by atoms with Crippen molar-refractivity contribution in [1.82, 2.24) is 4.98 Å². The van der Waals surface area contributed by atoms with Crippen molar-refractivity contribution in [3.05, 3.63) is 83.0 Å². The number of carbonyl (C=O) groups is 3. The van der Waals surface area contributed by atoms with Crippen LogP contribution in [0.5, 0.6) is 5.75 Å². The second-order valence-electron chi connectivity index (χ2n) is 6.37. The van der Waals surface area contributed by atoms with Crippen LogP contribution in [0.1, 0.15) is 36.6 Å². The summed E-state index contributed by atoms with van der Waals surface area (Å²) < 4.78 is 0. The van der Waals surface area contributed by atoms with E-state index in [4.69, 9.17) is 0 Å². The highest BCUT2D eigenvalue weighted by Gasteiger charge is 2.37. The third-order valence-corrected chi connectivity index (χ3v) is 4.43. The molecule has 2 heterocycles. The Labute approximate surface area is 160 Å². The van der Waals surface area contributed by atoms with Gasteiger partial charge >= 0.3 is 0 Å². The first-order chi connectivity index (χ1) is 13.5. The normalized spacial score (nSPS) is 12.8. The summed E-state index contributed by atoms with van der Waals surface area (Å²) in [6.45, 7) is 1.83. The van der Waals surface area contributed by atoms with E-state index in [1.54, 1.807) is 30.3 Å². The molecular weight excluding hydrogens is 358 g/mol. The molecule has 0 saturated carbocycles. The quantitative estimate of drug-likeness (QED) is 0.543. The highest BCUT2D eigenvalue weighted by molar-refractivity contribution is 6.34. The minimum absolute atomic E-state index is 0.0623. The van der Waals surface area contributed by atoms with Crippen molar-refractivity contribution < 1.29 is 19.5 Å². The van der Waals surface area contributed by atoms with E-state index in [9.17, 15) is 19.5 Å². The number of aryl methyl sites for hydroxylation is 1. The van der Waals surface area contributed by atoms with Crippen molar-refractivity contribution >= 4 is 29.2 Å². The van der Waals surface area contributed by atoms with E-state index in [-0.39, 0.29) is 33.9 Å². The number of amides is 3. The van der Waals surface area contributed by atoms with Crippen LogP contribution in [0.25, 0.3) is 0 Å². The number of anilines is 2. The van der Waals surface area contributed by atoms with Gasteiger partial charge in [-0.1, -0.05) is 12.1 Å². The highest BCUT2D eigenvalue weighted by Crippen LogP contribution is 2.29. The third kappa shape index (κ3) is 2.88. The number of benzene rings is 2. The number of pyridine rings is 1. The molecule has 4 rings (SSSR count). The van der Waals surface area contributed by atoms with Crippen LogP contribution in [0, 0.1) is 6.92 Å². The molecule has 0 fully saturated rings. The minimum atomic E-state index is -0.535. The minimum Gasteiger partial charge on any atom is -0.506 e. The summed E-state index contributed by atoms with van der Waals surface area (Å²) in [5.74, 6) is -1.36. The Kier molecular flexibility index (Phi) is 4.12. The summed E-state index contributed by atoms with van der Waals surface area (Å²) in [5, 5.41) is 12.5. The maximum atomic E-state index is 12.7. The van der Waals surface area contributed by atoms with Crippen LogP contribution >= 0.6 is 0 Å². The van der Waals surface area contributed by atoms with Crippen molar-refractivity contribution in [2.24, 2.45) is 0 Å². The van der Waals surface area contributed by atoms with Gasteiger partial charge in [-0.25, -0.2) is 9.88 Å². The maximum Gasteiger partial charge on any atom is 0.267 e. The van der Waals surface area contributed by atoms with Gasteiger partial charge in [0, 0.05) is 11.8 Å². The summed E-state index contributed by atoms with van der Waals surface area (Å²) in [6, 6.07) is 14.1. The smallest absolute Gasteiger partial charge is 0.267 e. The predicted octanol–water partition coefficient (Wildman–Crippen LogP) is 3.15. The van der Waals surface area contributed by atoms with Gasteiger partial charge in [-0.15, -0.1) is 0 Å². The van der Waals surface area contributed by atoms with Gasteiger partial charge < -0.3 is 10.4 Å². The summed E-state index contributed by atoms with van der Waals surface area (Å²) in [7, 11) is 0. The molecule has 0 unspecified atom stereocenters. The van der Waals surface area contributed by atoms with Crippen molar-refractivity contribution in [2.75, 3.05) is 10.2 Å². The number of aromatic hydroxyl groups is 1.